The average Bonchev–Trinajstić information content (AvgIpc) is 3.38. The molecule has 0 radical (unpaired) electrons. The molecule has 0 saturated carbocycles. The van der Waals surface area contributed by atoms with Gasteiger partial charge in [-0.1, -0.05) is 24.3 Å². The van der Waals surface area contributed by atoms with Gasteiger partial charge in [-0.25, -0.2) is 8.78 Å². The van der Waals surface area contributed by atoms with Gasteiger partial charge in [-0.15, -0.1) is 0 Å². The van der Waals surface area contributed by atoms with Gasteiger partial charge in [-0.3, -0.25) is 19.4 Å². The molecule has 0 aliphatic carbocycles. The summed E-state index contributed by atoms with van der Waals surface area (Å²) in [6.07, 6.45) is 0.0503. The Morgan fingerprint density at radius 3 is 1.45 bits per heavy atom. The van der Waals surface area contributed by atoms with Crippen molar-refractivity contribution >= 4 is 23.2 Å². The van der Waals surface area contributed by atoms with Crippen LogP contribution in [0.3, 0.4) is 0 Å². The van der Waals surface area contributed by atoms with E-state index in [1.807, 2.05) is 58.3 Å². The third-order valence-electron chi connectivity index (χ3n) is 6.05. The molecule has 33 heavy (non-hydrogen) atoms. The summed E-state index contributed by atoms with van der Waals surface area (Å²) in [5.41, 5.74) is 3.63. The number of benzene rings is 2. The lowest BCUT2D eigenvalue weighted by Crippen LogP contribution is -2.31. The van der Waals surface area contributed by atoms with E-state index in [0.29, 0.717) is 39.0 Å². The fourth-order valence-corrected chi connectivity index (χ4v) is 4.31. The van der Waals surface area contributed by atoms with Gasteiger partial charge in [0, 0.05) is 37.6 Å². The first kappa shape index (κ1) is 23.3. The molecule has 0 unspecified atom stereocenters. The third-order valence-corrected chi connectivity index (χ3v) is 6.05. The van der Waals surface area contributed by atoms with Crippen LogP contribution in [0.25, 0.3) is 0 Å². The van der Waals surface area contributed by atoms with Gasteiger partial charge in [0.15, 0.2) is 0 Å². The Labute approximate surface area is 192 Å². The van der Waals surface area contributed by atoms with Crippen LogP contribution >= 0.6 is 0 Å². The van der Waals surface area contributed by atoms with E-state index in [1.54, 1.807) is 0 Å². The number of hydrogen-bond donors (Lipinski definition) is 2. The molecule has 2 heterocycles. The molecule has 2 aromatic carbocycles. The maximum absolute atomic E-state index is 13.2. The van der Waals surface area contributed by atoms with E-state index in [4.69, 9.17) is 0 Å². The maximum atomic E-state index is 13.2. The van der Waals surface area contributed by atoms with Crippen molar-refractivity contribution in [1.29, 1.82) is 0 Å². The van der Waals surface area contributed by atoms with Crippen LogP contribution in [-0.2, 0) is 16.0 Å². The number of hydrogen-bond acceptors (Lipinski definition) is 4. The van der Waals surface area contributed by atoms with Crippen molar-refractivity contribution in [3.63, 3.8) is 0 Å². The zero-order valence-electron chi connectivity index (χ0n) is 18.6. The van der Waals surface area contributed by atoms with E-state index in [2.05, 4.69) is 10.6 Å². The minimum atomic E-state index is -0.831. The van der Waals surface area contributed by atoms with Gasteiger partial charge in [0.2, 0.25) is 11.8 Å². The predicted molar refractivity (Wildman–Crippen MR) is 125 cm³/mol. The number of nitrogens with one attached hydrogen (secondary N) is 2. The van der Waals surface area contributed by atoms with Gasteiger partial charge in [-0.05, 0) is 54.7 Å². The average molecular weight is 457 g/mol. The zero-order valence-corrected chi connectivity index (χ0v) is 18.6. The zero-order chi connectivity index (χ0) is 23.2. The van der Waals surface area contributed by atoms with Crippen LogP contribution in [0.4, 0.5) is 20.2 Å². The summed E-state index contributed by atoms with van der Waals surface area (Å²) in [7, 11) is 0. The number of rotatable bonds is 8. The van der Waals surface area contributed by atoms with Crippen molar-refractivity contribution in [2.75, 3.05) is 49.9 Å². The monoisotopic (exact) mass is 456 g/mol. The molecule has 8 heteroatoms. The molecule has 2 fully saturated rings. The van der Waals surface area contributed by atoms with E-state index in [0.717, 1.165) is 28.9 Å². The Balaban J connectivity index is 1.22. The predicted octanol–water partition coefficient (Wildman–Crippen LogP) is 3.24. The Morgan fingerprint density at radius 1 is 0.727 bits per heavy atom. The second kappa shape index (κ2) is 10.9. The normalized spacial score (nSPS) is 21.3. The molecular formula is C25H30F2N4O2. The standard InChI is InChI=1S/C25H30F2N4O2/c26-20-9-11-30(14-20)16-24(32)28-22-5-1-18(2-6-22)13-19-3-7-23(8-4-19)29-25(33)17-31-12-10-21(27)15-31/h1-8,20-21H,9-17H2,(H,28,32)(H,29,33)/t20-,21-/m0/s1. The van der Waals surface area contributed by atoms with Crippen molar-refractivity contribution in [1.82, 2.24) is 9.80 Å². The van der Waals surface area contributed by atoms with Gasteiger partial charge in [0.1, 0.15) is 12.3 Å². The van der Waals surface area contributed by atoms with Gasteiger partial charge < -0.3 is 10.6 Å². The molecule has 0 aromatic heterocycles. The smallest absolute Gasteiger partial charge is 0.238 e. The second-order valence-electron chi connectivity index (χ2n) is 8.91. The van der Waals surface area contributed by atoms with E-state index >= 15 is 0 Å². The summed E-state index contributed by atoms with van der Waals surface area (Å²) >= 11 is 0. The number of carbonyl (C=O) groups excluding carboxylic acids is 2. The lowest BCUT2D eigenvalue weighted by molar-refractivity contribution is -0.117. The molecule has 2 atom stereocenters. The molecule has 2 saturated heterocycles. The third kappa shape index (κ3) is 7.07. The SMILES string of the molecule is O=C(CN1CC[C@H](F)C1)Nc1ccc(Cc2ccc(NC(=O)CN3CC[C@H](F)C3)cc2)cc1. The summed E-state index contributed by atoms with van der Waals surface area (Å²) < 4.78 is 26.5. The van der Waals surface area contributed by atoms with Crippen LogP contribution in [0, 0.1) is 0 Å². The van der Waals surface area contributed by atoms with Crippen LogP contribution in [0.1, 0.15) is 24.0 Å². The van der Waals surface area contributed by atoms with Crippen molar-refractivity contribution < 1.29 is 18.4 Å². The molecule has 0 spiro atoms. The van der Waals surface area contributed by atoms with Crippen molar-refractivity contribution in [3.8, 4) is 0 Å². The quantitative estimate of drug-likeness (QED) is 0.640. The minimum absolute atomic E-state index is 0.135. The molecule has 2 aliphatic heterocycles. The van der Waals surface area contributed by atoms with Crippen molar-refractivity contribution in [3.05, 3.63) is 59.7 Å². The highest BCUT2D eigenvalue weighted by Gasteiger charge is 2.24. The topological polar surface area (TPSA) is 64.7 Å². The summed E-state index contributed by atoms with van der Waals surface area (Å²) in [6.45, 7) is 2.31. The fraction of sp³-hybridized carbons (Fsp3) is 0.440. The Kier molecular flexibility index (Phi) is 7.67. The van der Waals surface area contributed by atoms with E-state index in [1.165, 1.54) is 0 Å². The lowest BCUT2D eigenvalue weighted by Gasteiger charge is -2.14. The maximum Gasteiger partial charge on any atom is 0.238 e. The number of anilines is 2. The minimum Gasteiger partial charge on any atom is -0.325 e. The van der Waals surface area contributed by atoms with Gasteiger partial charge >= 0.3 is 0 Å². The van der Waals surface area contributed by atoms with Gasteiger partial charge in [-0.2, -0.15) is 0 Å². The van der Waals surface area contributed by atoms with Crippen LogP contribution in [0.5, 0.6) is 0 Å². The molecule has 6 nitrogen and oxygen atoms in total. The fourth-order valence-electron chi connectivity index (χ4n) is 4.31. The first-order valence-corrected chi connectivity index (χ1v) is 11.4. The van der Waals surface area contributed by atoms with Crippen LogP contribution < -0.4 is 10.6 Å². The number of nitrogens with zero attached hydrogens (tertiary/aromatic N) is 2. The first-order chi connectivity index (χ1) is 15.9. The lowest BCUT2D eigenvalue weighted by atomic mass is 10.0. The van der Waals surface area contributed by atoms with E-state index < -0.39 is 12.3 Å². The summed E-state index contributed by atoms with van der Waals surface area (Å²) in [5, 5.41) is 5.72. The van der Waals surface area contributed by atoms with Gasteiger partial charge in [0.25, 0.3) is 0 Å². The molecule has 4 rings (SSSR count). The highest BCUT2D eigenvalue weighted by atomic mass is 19.1. The van der Waals surface area contributed by atoms with E-state index in [-0.39, 0.29) is 24.9 Å². The number of likely N-dealkylation sites (tertiary alicyclic amines) is 2. The van der Waals surface area contributed by atoms with E-state index in [9.17, 15) is 18.4 Å². The number of amides is 2. The molecular weight excluding hydrogens is 426 g/mol. The highest BCUT2D eigenvalue weighted by Crippen LogP contribution is 2.17. The Morgan fingerprint density at radius 2 is 1.12 bits per heavy atom. The summed E-state index contributed by atoms with van der Waals surface area (Å²) in [5.74, 6) is -0.271. The molecule has 2 N–H and O–H groups in total. The van der Waals surface area contributed by atoms with Crippen LogP contribution in [0.2, 0.25) is 0 Å². The molecule has 2 aromatic rings. The Bertz CT molecular complexity index is 874. The second-order valence-corrected chi connectivity index (χ2v) is 8.91. The summed E-state index contributed by atoms with van der Waals surface area (Å²) in [4.78, 5) is 27.9. The molecule has 176 valence electrons. The number of carbonyl (C=O) groups is 2. The van der Waals surface area contributed by atoms with Crippen molar-refractivity contribution in [2.24, 2.45) is 0 Å². The first-order valence-electron chi connectivity index (χ1n) is 11.4. The molecule has 2 amide bonds. The Hall–Kier alpha value is -2.84. The molecule has 0 bridgehead atoms. The van der Waals surface area contributed by atoms with Crippen molar-refractivity contribution in [2.45, 2.75) is 31.6 Å². The number of alkyl halides is 2. The summed E-state index contributed by atoms with van der Waals surface area (Å²) in [6, 6.07) is 15.3. The highest BCUT2D eigenvalue weighted by molar-refractivity contribution is 5.92. The van der Waals surface area contributed by atoms with Crippen LogP contribution in [0.15, 0.2) is 48.5 Å². The largest absolute Gasteiger partial charge is 0.325 e. The van der Waals surface area contributed by atoms with Gasteiger partial charge in [0.05, 0.1) is 13.1 Å². The van der Waals surface area contributed by atoms with Crippen LogP contribution in [-0.4, -0.2) is 73.2 Å². The molecule has 2 aliphatic rings. The number of halogens is 2.